The number of hydrogen-bond acceptors (Lipinski definition) is 16. The summed E-state index contributed by atoms with van der Waals surface area (Å²) in [5, 5.41) is 2.76. The van der Waals surface area contributed by atoms with Crippen LogP contribution in [0.2, 0.25) is 0 Å². The van der Waals surface area contributed by atoms with E-state index in [1.165, 1.54) is 0 Å². The molecule has 0 aliphatic carbocycles. The number of amides is 1. The summed E-state index contributed by atoms with van der Waals surface area (Å²) in [6.45, 7) is 14.4. The average molecular weight is 716 g/mol. The van der Waals surface area contributed by atoms with Crippen LogP contribution >= 0.6 is 0 Å². The Hall–Kier alpha value is -1.58. The first-order valence-electron chi connectivity index (χ1n) is 17.1. The lowest BCUT2D eigenvalue weighted by Gasteiger charge is -2.19. The van der Waals surface area contributed by atoms with Crippen LogP contribution < -0.4 is 16.8 Å². The predicted molar refractivity (Wildman–Crippen MR) is 180 cm³/mol. The average Bonchev–Trinajstić information content (AvgIpc) is 3.06. The number of nitrogens with one attached hydrogen (secondary N) is 1. The molecule has 49 heavy (non-hydrogen) atoms. The molecule has 0 aliphatic heterocycles. The van der Waals surface area contributed by atoms with Crippen molar-refractivity contribution in [2.45, 2.75) is 38.9 Å². The van der Waals surface area contributed by atoms with E-state index in [9.17, 15) is 9.59 Å². The molecule has 0 aromatic rings. The summed E-state index contributed by atoms with van der Waals surface area (Å²) in [6, 6.07) is 0. The van der Waals surface area contributed by atoms with E-state index in [1.54, 1.807) is 0 Å². The van der Waals surface area contributed by atoms with E-state index in [-0.39, 0.29) is 38.1 Å². The van der Waals surface area contributed by atoms with Gasteiger partial charge in [0.25, 0.3) is 0 Å². The Kier molecular flexibility index (Phi) is 35.1. The van der Waals surface area contributed by atoms with Gasteiger partial charge >= 0.3 is 5.97 Å². The summed E-state index contributed by atoms with van der Waals surface area (Å²) >= 11 is 0. The molecule has 0 fully saturated rings. The number of carbonyl (C=O) groups excluding carboxylic acids is 2. The number of carbonyl (C=O) groups is 2. The fraction of sp³-hybridized carbons (Fsp3) is 0.938. The van der Waals surface area contributed by atoms with Crippen molar-refractivity contribution in [2.75, 3.05) is 158 Å². The van der Waals surface area contributed by atoms with E-state index in [2.05, 4.69) is 5.32 Å². The van der Waals surface area contributed by atoms with Gasteiger partial charge in [0.15, 0.2) is 0 Å². The molecule has 0 bridgehead atoms. The van der Waals surface area contributed by atoms with E-state index < -0.39 is 11.7 Å². The van der Waals surface area contributed by atoms with Gasteiger partial charge in [0.05, 0.1) is 139 Å². The minimum atomic E-state index is -0.494. The van der Waals surface area contributed by atoms with Crippen LogP contribution in [-0.2, 0) is 66.4 Å². The van der Waals surface area contributed by atoms with Crippen molar-refractivity contribution in [2.24, 2.45) is 11.5 Å². The summed E-state index contributed by atoms with van der Waals surface area (Å²) < 4.78 is 65.4. The molecule has 0 aromatic heterocycles. The van der Waals surface area contributed by atoms with Crippen molar-refractivity contribution < 1.29 is 66.4 Å². The lowest BCUT2D eigenvalue weighted by atomic mass is 10.2. The molecule has 1 amide bonds. The minimum absolute atomic E-state index is 0.154. The number of ether oxygens (including phenoxy) is 12. The van der Waals surface area contributed by atoms with Crippen LogP contribution in [0, 0.1) is 0 Å². The first kappa shape index (κ1) is 47.4. The van der Waals surface area contributed by atoms with Crippen molar-refractivity contribution in [3.63, 3.8) is 0 Å². The number of hydrogen-bond donors (Lipinski definition) is 3. The maximum Gasteiger partial charge on any atom is 0.308 e. The Morgan fingerprint density at radius 3 is 1.31 bits per heavy atom. The molecule has 292 valence electrons. The highest BCUT2D eigenvalue weighted by molar-refractivity contribution is 5.77. The summed E-state index contributed by atoms with van der Waals surface area (Å²) in [7, 11) is 0. The van der Waals surface area contributed by atoms with Gasteiger partial charge in [-0.2, -0.15) is 0 Å². The standard InChI is InChI=1S/C32H65N3O14/c1-32(2,3)49-31(37)4-8-38-12-16-42-20-21-43-19-15-41-11-7-35-30(36)28-48-29(26-46-24-22-44-17-13-39-9-5-33)27-47-25-23-45-18-14-40-10-6-34/h29H,4-28,33-34H2,1-3H3,(H,35,36). The van der Waals surface area contributed by atoms with Crippen molar-refractivity contribution in [3.05, 3.63) is 0 Å². The zero-order chi connectivity index (χ0) is 36.1. The highest BCUT2D eigenvalue weighted by Crippen LogP contribution is 2.08. The molecular formula is C32H65N3O14. The number of esters is 1. The smallest absolute Gasteiger partial charge is 0.308 e. The summed E-state index contributed by atoms with van der Waals surface area (Å²) in [6.07, 6.45) is -0.250. The normalized spacial score (nSPS) is 11.8. The Balaban J connectivity index is 3.88. The highest BCUT2D eigenvalue weighted by atomic mass is 16.6. The first-order valence-corrected chi connectivity index (χ1v) is 17.1. The Labute approximate surface area is 292 Å². The number of nitrogens with two attached hydrogens (primary N) is 2. The second-order valence-corrected chi connectivity index (χ2v) is 11.2. The molecule has 17 nitrogen and oxygen atoms in total. The summed E-state index contributed by atoms with van der Waals surface area (Å²) in [5.41, 5.74) is 10.3. The molecule has 0 spiro atoms. The van der Waals surface area contributed by atoms with Crippen LogP contribution in [0.4, 0.5) is 0 Å². The molecule has 0 aromatic carbocycles. The van der Waals surface area contributed by atoms with Gasteiger partial charge in [-0.05, 0) is 20.8 Å². The molecule has 5 N–H and O–H groups in total. The topological polar surface area (TPSA) is 209 Å². The molecule has 0 aliphatic rings. The van der Waals surface area contributed by atoms with Crippen molar-refractivity contribution in [3.8, 4) is 0 Å². The van der Waals surface area contributed by atoms with Gasteiger partial charge in [-0.25, -0.2) is 0 Å². The molecular weight excluding hydrogens is 650 g/mol. The number of rotatable bonds is 38. The molecule has 17 heteroatoms. The zero-order valence-corrected chi connectivity index (χ0v) is 30.1. The molecule has 0 saturated heterocycles. The quantitative estimate of drug-likeness (QED) is 0.0533. The first-order chi connectivity index (χ1) is 23.8. The summed E-state index contributed by atoms with van der Waals surface area (Å²) in [4.78, 5) is 23.9. The van der Waals surface area contributed by atoms with E-state index >= 15 is 0 Å². The van der Waals surface area contributed by atoms with Crippen LogP contribution in [0.15, 0.2) is 0 Å². The van der Waals surface area contributed by atoms with Gasteiger partial charge in [-0.15, -0.1) is 0 Å². The third-order valence-electron chi connectivity index (χ3n) is 5.63. The highest BCUT2D eigenvalue weighted by Gasteiger charge is 2.16. The molecule has 0 atom stereocenters. The lowest BCUT2D eigenvalue weighted by molar-refractivity contribution is -0.156. The van der Waals surface area contributed by atoms with Gasteiger partial charge in [-0.3, -0.25) is 9.59 Å². The third-order valence-corrected chi connectivity index (χ3v) is 5.63. The van der Waals surface area contributed by atoms with E-state index in [0.29, 0.717) is 139 Å². The van der Waals surface area contributed by atoms with Gasteiger partial charge < -0.3 is 73.6 Å². The van der Waals surface area contributed by atoms with Gasteiger partial charge in [0.1, 0.15) is 18.3 Å². The second-order valence-electron chi connectivity index (χ2n) is 11.2. The van der Waals surface area contributed by atoms with E-state index in [0.717, 1.165) is 0 Å². The van der Waals surface area contributed by atoms with Crippen molar-refractivity contribution >= 4 is 11.9 Å². The van der Waals surface area contributed by atoms with Gasteiger partial charge in [0.2, 0.25) is 5.91 Å². The van der Waals surface area contributed by atoms with Crippen molar-refractivity contribution in [1.82, 2.24) is 5.32 Å². The molecule has 0 rings (SSSR count). The van der Waals surface area contributed by atoms with Gasteiger partial charge in [-0.1, -0.05) is 0 Å². The molecule has 0 unspecified atom stereocenters. The summed E-state index contributed by atoms with van der Waals surface area (Å²) in [5.74, 6) is -0.565. The SMILES string of the molecule is CC(C)(C)OC(=O)CCOCCOCCOCCOCCNC(=O)COC(COCCOCCOCCN)COCCOCCOCCN. The Morgan fingerprint density at radius 2 is 0.898 bits per heavy atom. The van der Waals surface area contributed by atoms with Crippen LogP contribution in [0.5, 0.6) is 0 Å². The molecule has 0 radical (unpaired) electrons. The second kappa shape index (κ2) is 36.2. The zero-order valence-electron chi connectivity index (χ0n) is 30.1. The minimum Gasteiger partial charge on any atom is -0.460 e. The lowest BCUT2D eigenvalue weighted by Crippen LogP contribution is -2.35. The van der Waals surface area contributed by atoms with Crippen LogP contribution in [-0.4, -0.2) is 182 Å². The Morgan fingerprint density at radius 1 is 0.531 bits per heavy atom. The Bertz CT molecular complexity index is 712. The van der Waals surface area contributed by atoms with Crippen LogP contribution in [0.1, 0.15) is 27.2 Å². The van der Waals surface area contributed by atoms with E-state index in [1.807, 2.05) is 20.8 Å². The fourth-order valence-electron chi connectivity index (χ4n) is 3.44. The van der Waals surface area contributed by atoms with E-state index in [4.69, 9.17) is 68.3 Å². The third kappa shape index (κ3) is 39.1. The largest absolute Gasteiger partial charge is 0.460 e. The van der Waals surface area contributed by atoms with Crippen LogP contribution in [0.3, 0.4) is 0 Å². The predicted octanol–water partition coefficient (Wildman–Crippen LogP) is -0.697. The van der Waals surface area contributed by atoms with Crippen LogP contribution in [0.25, 0.3) is 0 Å². The fourth-order valence-corrected chi connectivity index (χ4v) is 3.44. The van der Waals surface area contributed by atoms with Crippen molar-refractivity contribution in [1.29, 1.82) is 0 Å². The molecule has 0 saturated carbocycles. The monoisotopic (exact) mass is 715 g/mol. The maximum absolute atomic E-state index is 12.3. The van der Waals surface area contributed by atoms with Gasteiger partial charge in [0, 0.05) is 19.6 Å². The maximum atomic E-state index is 12.3. The molecule has 0 heterocycles.